The highest BCUT2D eigenvalue weighted by Gasteiger charge is 2.18. The topological polar surface area (TPSA) is 99.4 Å². The second-order valence-electron chi connectivity index (χ2n) is 6.50. The summed E-state index contributed by atoms with van der Waals surface area (Å²) >= 11 is 0. The van der Waals surface area contributed by atoms with Gasteiger partial charge in [0, 0.05) is 5.56 Å². The van der Waals surface area contributed by atoms with E-state index in [0.29, 0.717) is 11.8 Å². The van der Waals surface area contributed by atoms with Crippen molar-refractivity contribution in [2.24, 2.45) is 0 Å². The van der Waals surface area contributed by atoms with Gasteiger partial charge in [-0.3, -0.25) is 0 Å². The van der Waals surface area contributed by atoms with Gasteiger partial charge in [-0.05, 0) is 40.2 Å². The third kappa shape index (κ3) is 4.91. The van der Waals surface area contributed by atoms with Crippen LogP contribution in [0.5, 0.6) is 5.88 Å². The molecule has 0 aliphatic heterocycles. The van der Waals surface area contributed by atoms with Gasteiger partial charge < -0.3 is 19.2 Å². The molecule has 0 radical (unpaired) electrons. The lowest BCUT2D eigenvalue weighted by molar-refractivity contribution is 0.0519. The van der Waals surface area contributed by atoms with Gasteiger partial charge in [0.15, 0.2) is 0 Å². The predicted octanol–water partition coefficient (Wildman–Crippen LogP) is 3.04. The third-order valence-electron chi connectivity index (χ3n) is 3.31. The quantitative estimate of drug-likeness (QED) is 0.886. The van der Waals surface area contributed by atoms with Gasteiger partial charge in [-0.2, -0.15) is 0 Å². The first kappa shape index (κ1) is 18.7. The van der Waals surface area contributed by atoms with Crippen molar-refractivity contribution >= 4 is 6.09 Å². The molecule has 2 heterocycles. The highest BCUT2D eigenvalue weighted by Crippen LogP contribution is 2.27. The fraction of sp³-hybridized carbons (Fsp3) is 0.529. The van der Waals surface area contributed by atoms with E-state index in [4.69, 9.17) is 13.9 Å². The molecule has 2 rings (SSSR count). The Kier molecular flexibility index (Phi) is 5.61. The smallest absolute Gasteiger partial charge is 0.408 e. The van der Waals surface area contributed by atoms with Gasteiger partial charge in [0.2, 0.25) is 17.7 Å². The number of methoxy groups -OCH3 is 1. The van der Waals surface area contributed by atoms with Crippen molar-refractivity contribution in [3.8, 4) is 17.3 Å². The molecule has 0 saturated carbocycles. The van der Waals surface area contributed by atoms with Crippen molar-refractivity contribution < 1.29 is 18.7 Å². The number of nitrogens with one attached hydrogen (secondary N) is 1. The number of rotatable bonds is 5. The number of ether oxygens (including phenoxy) is 2. The lowest BCUT2D eigenvalue weighted by Gasteiger charge is -2.19. The van der Waals surface area contributed by atoms with Crippen molar-refractivity contribution in [1.82, 2.24) is 20.5 Å². The van der Waals surface area contributed by atoms with Crippen LogP contribution in [0.1, 0.15) is 44.8 Å². The maximum Gasteiger partial charge on any atom is 0.408 e. The lowest BCUT2D eigenvalue weighted by atomic mass is 10.1. The molecule has 8 heteroatoms. The molecule has 0 spiro atoms. The molecule has 1 amide bonds. The summed E-state index contributed by atoms with van der Waals surface area (Å²) in [7, 11) is 1.59. The Bertz CT molecular complexity index is 750. The molecule has 0 fully saturated rings. The van der Waals surface area contributed by atoms with Crippen LogP contribution in [0.2, 0.25) is 0 Å². The number of carbonyl (C=O) groups is 1. The minimum atomic E-state index is -0.563. The minimum Gasteiger partial charge on any atom is -0.481 e. The zero-order chi connectivity index (χ0) is 18.6. The number of alkyl carbamates (subject to hydrolysis) is 1. The Balaban J connectivity index is 2.12. The zero-order valence-electron chi connectivity index (χ0n) is 15.5. The highest BCUT2D eigenvalue weighted by molar-refractivity contribution is 5.67. The number of hydrogen-bond donors (Lipinski definition) is 1. The van der Waals surface area contributed by atoms with Crippen LogP contribution in [0.25, 0.3) is 11.5 Å². The van der Waals surface area contributed by atoms with Crippen LogP contribution in [0, 0.1) is 6.92 Å². The SMILES string of the molecule is CCc1cc(-c2nnc(CNC(=O)OC(C)(C)C)o2)c(C)nc1OC. The molecule has 2 aromatic heterocycles. The van der Waals surface area contributed by atoms with Crippen LogP contribution >= 0.6 is 0 Å². The van der Waals surface area contributed by atoms with Gasteiger partial charge in [-0.15, -0.1) is 10.2 Å². The number of carbonyl (C=O) groups excluding carboxylic acids is 1. The van der Waals surface area contributed by atoms with E-state index in [1.165, 1.54) is 0 Å². The van der Waals surface area contributed by atoms with E-state index >= 15 is 0 Å². The Labute approximate surface area is 146 Å². The number of amides is 1. The number of pyridine rings is 1. The van der Waals surface area contributed by atoms with E-state index < -0.39 is 11.7 Å². The molecule has 0 aliphatic carbocycles. The van der Waals surface area contributed by atoms with Crippen LogP contribution in [-0.2, 0) is 17.7 Å². The summed E-state index contributed by atoms with van der Waals surface area (Å²) in [4.78, 5) is 16.1. The minimum absolute atomic E-state index is 0.0885. The fourth-order valence-corrected chi connectivity index (χ4v) is 2.17. The summed E-state index contributed by atoms with van der Waals surface area (Å²) in [5.74, 6) is 1.23. The average molecular weight is 348 g/mol. The van der Waals surface area contributed by atoms with E-state index in [0.717, 1.165) is 23.2 Å². The number of aromatic nitrogens is 3. The molecule has 0 aliphatic rings. The summed E-state index contributed by atoms with van der Waals surface area (Å²) in [5, 5.41) is 10.6. The van der Waals surface area contributed by atoms with E-state index in [2.05, 4.69) is 20.5 Å². The first-order valence-corrected chi connectivity index (χ1v) is 8.07. The summed E-state index contributed by atoms with van der Waals surface area (Å²) in [5.41, 5.74) is 1.86. The largest absolute Gasteiger partial charge is 0.481 e. The molecule has 25 heavy (non-hydrogen) atoms. The molecule has 136 valence electrons. The van der Waals surface area contributed by atoms with Crippen molar-refractivity contribution in [2.45, 2.75) is 53.2 Å². The van der Waals surface area contributed by atoms with Crippen molar-refractivity contribution in [1.29, 1.82) is 0 Å². The first-order valence-electron chi connectivity index (χ1n) is 8.07. The standard InChI is InChI=1S/C17H24N4O4/c1-7-11-8-12(10(2)19-14(11)23-6)15-21-20-13(24-15)9-18-16(22)25-17(3,4)5/h8H,7,9H2,1-6H3,(H,18,22). The van der Waals surface area contributed by atoms with E-state index in [1.807, 2.05) is 19.9 Å². The molecule has 0 saturated heterocycles. The Morgan fingerprint density at radius 3 is 2.64 bits per heavy atom. The van der Waals surface area contributed by atoms with Crippen LogP contribution in [0.15, 0.2) is 10.5 Å². The molecular formula is C17H24N4O4. The summed E-state index contributed by atoms with van der Waals surface area (Å²) in [6.45, 7) is 9.33. The summed E-state index contributed by atoms with van der Waals surface area (Å²) < 4.78 is 16.1. The molecule has 0 unspecified atom stereocenters. The van der Waals surface area contributed by atoms with Crippen molar-refractivity contribution in [3.63, 3.8) is 0 Å². The van der Waals surface area contributed by atoms with Crippen LogP contribution < -0.4 is 10.1 Å². The third-order valence-corrected chi connectivity index (χ3v) is 3.31. The fourth-order valence-electron chi connectivity index (χ4n) is 2.17. The zero-order valence-corrected chi connectivity index (χ0v) is 15.5. The lowest BCUT2D eigenvalue weighted by Crippen LogP contribution is -2.32. The number of aryl methyl sites for hydroxylation is 2. The maximum absolute atomic E-state index is 11.7. The van der Waals surface area contributed by atoms with E-state index in [-0.39, 0.29) is 12.4 Å². The van der Waals surface area contributed by atoms with Crippen LogP contribution in [0.4, 0.5) is 4.79 Å². The number of nitrogens with zero attached hydrogens (tertiary/aromatic N) is 3. The van der Waals surface area contributed by atoms with Crippen molar-refractivity contribution in [2.75, 3.05) is 7.11 Å². The average Bonchev–Trinajstić information content (AvgIpc) is 2.99. The monoisotopic (exact) mass is 348 g/mol. The van der Waals surface area contributed by atoms with Crippen LogP contribution in [-0.4, -0.2) is 34.0 Å². The molecular weight excluding hydrogens is 324 g/mol. The molecule has 1 N–H and O–H groups in total. The number of hydrogen-bond acceptors (Lipinski definition) is 7. The molecule has 0 aromatic carbocycles. The van der Waals surface area contributed by atoms with Gasteiger partial charge in [0.1, 0.15) is 5.60 Å². The van der Waals surface area contributed by atoms with E-state index in [9.17, 15) is 4.79 Å². The highest BCUT2D eigenvalue weighted by atomic mass is 16.6. The van der Waals surface area contributed by atoms with Gasteiger partial charge in [0.25, 0.3) is 0 Å². The van der Waals surface area contributed by atoms with Gasteiger partial charge in [-0.25, -0.2) is 9.78 Å². The Morgan fingerprint density at radius 2 is 2.04 bits per heavy atom. The molecule has 0 atom stereocenters. The maximum atomic E-state index is 11.7. The predicted molar refractivity (Wildman–Crippen MR) is 91.3 cm³/mol. The molecule has 8 nitrogen and oxygen atoms in total. The Morgan fingerprint density at radius 1 is 1.32 bits per heavy atom. The van der Waals surface area contributed by atoms with Crippen LogP contribution in [0.3, 0.4) is 0 Å². The van der Waals surface area contributed by atoms with Crippen molar-refractivity contribution in [3.05, 3.63) is 23.2 Å². The second kappa shape index (κ2) is 7.50. The summed E-state index contributed by atoms with van der Waals surface area (Å²) in [6, 6.07) is 1.93. The Hall–Kier alpha value is -2.64. The van der Waals surface area contributed by atoms with Gasteiger partial charge in [0.05, 0.1) is 24.9 Å². The first-order chi connectivity index (χ1) is 11.7. The van der Waals surface area contributed by atoms with E-state index in [1.54, 1.807) is 27.9 Å². The second-order valence-corrected chi connectivity index (χ2v) is 6.50. The normalized spacial score (nSPS) is 11.3. The molecule has 2 aromatic rings. The summed E-state index contributed by atoms with van der Waals surface area (Å²) in [6.07, 6.45) is 0.229. The van der Waals surface area contributed by atoms with Gasteiger partial charge >= 0.3 is 6.09 Å². The molecule has 0 bridgehead atoms. The van der Waals surface area contributed by atoms with Gasteiger partial charge in [-0.1, -0.05) is 6.92 Å².